The molecular weight excluding hydrogens is 459 g/mol. The molecule has 0 N–H and O–H groups in total. The zero-order valence-corrected chi connectivity index (χ0v) is 26.3. The van der Waals surface area contributed by atoms with Crippen molar-refractivity contribution in [1.29, 1.82) is 0 Å². The molecule has 0 aromatic rings. The maximum atomic E-state index is 5.47. The van der Waals surface area contributed by atoms with Crippen LogP contribution in [-0.4, -0.2) is 54.2 Å². The summed E-state index contributed by atoms with van der Waals surface area (Å²) in [5, 5.41) is 0. The van der Waals surface area contributed by atoms with Gasteiger partial charge in [-0.05, 0) is 95.9 Å². The number of hydrogen-bond acceptors (Lipinski definition) is 4. The lowest BCUT2D eigenvalue weighted by molar-refractivity contribution is -0.00452. The van der Waals surface area contributed by atoms with Crippen LogP contribution in [0.25, 0.3) is 0 Å². The Morgan fingerprint density at radius 3 is 0.848 bits per heavy atom. The molecule has 0 radical (unpaired) electrons. The number of halogens is 2. The summed E-state index contributed by atoms with van der Waals surface area (Å²) in [7, 11) is 0. The summed E-state index contributed by atoms with van der Waals surface area (Å²) in [6.07, 6.45) is 4.79. The average Bonchev–Trinajstić information content (AvgIpc) is 2.58. The third-order valence-electron chi connectivity index (χ3n) is 3.17. The number of unbranched alkanes of at least 4 members (excludes halogenated alkanes) is 2. The van der Waals surface area contributed by atoms with Crippen molar-refractivity contribution in [2.45, 2.75) is 145 Å². The first-order valence-electron chi connectivity index (χ1n) is 12.4. The van der Waals surface area contributed by atoms with Crippen LogP contribution in [0.4, 0.5) is 0 Å². The van der Waals surface area contributed by atoms with Gasteiger partial charge in [-0.3, -0.25) is 0 Å². The molecule has 0 spiro atoms. The molecule has 0 heterocycles. The molecule has 33 heavy (non-hydrogen) atoms. The SMILES string of the molecule is CC(C)(C)OCCCl.CC(C)(C)OCCl.CCCCOC(C)(C)C.CCCCOC(C)(C)C. The van der Waals surface area contributed by atoms with Crippen molar-refractivity contribution in [2.24, 2.45) is 0 Å². The molecule has 0 aliphatic carbocycles. The normalized spacial score (nSPS) is 12.0. The average molecular weight is 520 g/mol. The highest BCUT2D eigenvalue weighted by Crippen LogP contribution is 2.08. The topological polar surface area (TPSA) is 36.9 Å². The van der Waals surface area contributed by atoms with Gasteiger partial charge in [0.05, 0.1) is 29.0 Å². The van der Waals surface area contributed by atoms with Crippen molar-refractivity contribution in [3.05, 3.63) is 0 Å². The maximum Gasteiger partial charge on any atom is 0.121 e. The van der Waals surface area contributed by atoms with E-state index in [9.17, 15) is 0 Å². The minimum Gasteiger partial charge on any atom is -0.376 e. The van der Waals surface area contributed by atoms with Crippen LogP contribution in [0, 0.1) is 0 Å². The molecular formula is C27H60Cl2O4. The van der Waals surface area contributed by atoms with Gasteiger partial charge in [-0.15, -0.1) is 11.6 Å². The summed E-state index contributed by atoms with van der Waals surface area (Å²) in [6.45, 7) is 31.3. The smallest absolute Gasteiger partial charge is 0.121 e. The molecule has 0 fully saturated rings. The van der Waals surface area contributed by atoms with E-state index < -0.39 is 0 Å². The molecule has 0 unspecified atom stereocenters. The Labute approximate surface area is 218 Å². The van der Waals surface area contributed by atoms with E-state index in [4.69, 9.17) is 42.1 Å². The largest absolute Gasteiger partial charge is 0.376 e. The highest BCUT2D eigenvalue weighted by atomic mass is 35.5. The second-order valence-corrected chi connectivity index (χ2v) is 12.2. The van der Waals surface area contributed by atoms with Crippen LogP contribution in [0.5, 0.6) is 0 Å². The van der Waals surface area contributed by atoms with Crippen LogP contribution in [0.2, 0.25) is 0 Å². The monoisotopic (exact) mass is 518 g/mol. The minimum atomic E-state index is -0.0816. The van der Waals surface area contributed by atoms with E-state index >= 15 is 0 Å². The summed E-state index contributed by atoms with van der Waals surface area (Å²) in [5.74, 6) is 0.581. The molecule has 0 rings (SSSR count). The lowest BCUT2D eigenvalue weighted by atomic mass is 10.2. The first kappa shape index (κ1) is 40.6. The maximum absolute atomic E-state index is 5.47. The van der Waals surface area contributed by atoms with E-state index in [0.29, 0.717) is 12.5 Å². The van der Waals surface area contributed by atoms with Gasteiger partial charge in [0.25, 0.3) is 0 Å². The van der Waals surface area contributed by atoms with Gasteiger partial charge in [-0.1, -0.05) is 38.3 Å². The van der Waals surface area contributed by atoms with Gasteiger partial charge in [0.2, 0.25) is 0 Å². The molecule has 0 aliphatic rings. The number of rotatable bonds is 9. The Morgan fingerprint density at radius 2 is 0.727 bits per heavy atom. The molecule has 0 aromatic heterocycles. The Kier molecular flexibility index (Phi) is 28.1. The van der Waals surface area contributed by atoms with Gasteiger partial charge >= 0.3 is 0 Å². The fourth-order valence-corrected chi connectivity index (χ4v) is 1.96. The summed E-state index contributed by atoms with van der Waals surface area (Å²) in [6, 6.07) is 0.281. The van der Waals surface area contributed by atoms with E-state index in [1.165, 1.54) is 25.7 Å². The Balaban J connectivity index is -0.000000171. The predicted octanol–water partition coefficient (Wildman–Crippen LogP) is 9.24. The van der Waals surface area contributed by atoms with E-state index in [2.05, 4.69) is 55.4 Å². The zero-order valence-electron chi connectivity index (χ0n) is 24.8. The number of hydrogen-bond donors (Lipinski definition) is 0. The lowest BCUT2D eigenvalue weighted by Gasteiger charge is -2.18. The van der Waals surface area contributed by atoms with E-state index in [1.54, 1.807) is 0 Å². The minimum absolute atomic E-state index is 0.0328. The quantitative estimate of drug-likeness (QED) is 0.225. The van der Waals surface area contributed by atoms with Crippen LogP contribution in [-0.2, 0) is 18.9 Å². The third kappa shape index (κ3) is 65.4. The second-order valence-electron chi connectivity index (χ2n) is 11.6. The van der Waals surface area contributed by atoms with Crippen molar-refractivity contribution < 1.29 is 18.9 Å². The fraction of sp³-hybridized carbons (Fsp3) is 1.00. The van der Waals surface area contributed by atoms with E-state index in [-0.39, 0.29) is 28.5 Å². The van der Waals surface area contributed by atoms with Crippen molar-refractivity contribution in [3.63, 3.8) is 0 Å². The highest BCUT2D eigenvalue weighted by molar-refractivity contribution is 6.18. The summed E-state index contributed by atoms with van der Waals surface area (Å²) >= 11 is 10.6. The molecule has 0 bridgehead atoms. The number of ether oxygens (including phenoxy) is 4. The molecule has 0 aromatic carbocycles. The predicted molar refractivity (Wildman–Crippen MR) is 149 cm³/mol. The summed E-state index contributed by atoms with van der Waals surface area (Å²) in [5.41, 5.74) is -0.0129. The molecule has 0 saturated heterocycles. The van der Waals surface area contributed by atoms with Crippen LogP contribution in [0.1, 0.15) is 123 Å². The van der Waals surface area contributed by atoms with Crippen molar-refractivity contribution in [2.75, 3.05) is 31.8 Å². The first-order chi connectivity index (χ1) is 14.7. The molecule has 0 atom stereocenters. The Hall–Kier alpha value is 0.420. The third-order valence-corrected chi connectivity index (χ3v) is 3.43. The van der Waals surface area contributed by atoms with E-state index in [0.717, 1.165) is 13.2 Å². The molecule has 6 heteroatoms. The van der Waals surface area contributed by atoms with Gasteiger partial charge in [-0.25, -0.2) is 0 Å². The fourth-order valence-electron chi connectivity index (χ4n) is 1.55. The van der Waals surface area contributed by atoms with Crippen LogP contribution < -0.4 is 0 Å². The van der Waals surface area contributed by atoms with E-state index in [1.807, 2.05) is 41.5 Å². The summed E-state index contributed by atoms with van der Waals surface area (Å²) in [4.78, 5) is 0. The first-order valence-corrected chi connectivity index (χ1v) is 13.5. The van der Waals surface area contributed by atoms with Gasteiger partial charge < -0.3 is 18.9 Å². The van der Waals surface area contributed by atoms with Gasteiger partial charge in [0, 0.05) is 19.1 Å². The van der Waals surface area contributed by atoms with Crippen molar-refractivity contribution in [3.8, 4) is 0 Å². The van der Waals surface area contributed by atoms with Crippen molar-refractivity contribution >= 4 is 23.2 Å². The lowest BCUT2D eigenvalue weighted by Crippen LogP contribution is -2.20. The number of alkyl halides is 2. The van der Waals surface area contributed by atoms with Gasteiger partial charge in [0.1, 0.15) is 6.07 Å². The molecule has 0 amide bonds. The molecule has 206 valence electrons. The Morgan fingerprint density at radius 1 is 0.455 bits per heavy atom. The van der Waals surface area contributed by atoms with Crippen LogP contribution >= 0.6 is 23.2 Å². The van der Waals surface area contributed by atoms with Crippen molar-refractivity contribution in [1.82, 2.24) is 0 Å². The highest BCUT2D eigenvalue weighted by Gasteiger charge is 2.09. The second kappa shape index (κ2) is 22.9. The summed E-state index contributed by atoms with van der Waals surface area (Å²) < 4.78 is 21.2. The molecule has 0 saturated carbocycles. The molecule has 0 aliphatic heterocycles. The van der Waals surface area contributed by atoms with Crippen LogP contribution in [0.3, 0.4) is 0 Å². The zero-order chi connectivity index (χ0) is 27.2. The van der Waals surface area contributed by atoms with Gasteiger partial charge in [0.15, 0.2) is 0 Å². The van der Waals surface area contributed by atoms with Gasteiger partial charge in [-0.2, -0.15) is 0 Å². The standard InChI is InChI=1S/2C8H18O.C6H13ClO.C5H11ClO/c2*1-5-6-7-9-8(2,3)4;1-6(2,3)8-5-4-7;1-5(2,3)7-4-6/h2*5-7H2,1-4H3;4-5H2,1-3H3;4H2,1-3H3. The van der Waals surface area contributed by atoms with Crippen LogP contribution in [0.15, 0.2) is 0 Å². The molecule has 4 nitrogen and oxygen atoms in total. The Bertz CT molecular complexity index is 356.